The summed E-state index contributed by atoms with van der Waals surface area (Å²) in [5.74, 6) is -0.216. The number of aliphatic hydroxyl groups is 1. The molecular weight excluding hydrogens is 190 g/mol. The Morgan fingerprint density at radius 3 is 2.60 bits per heavy atom. The molecule has 0 aliphatic carbocycles. The number of nitrogens with one attached hydrogen (secondary N) is 1. The first-order chi connectivity index (χ1) is 7.11. The van der Waals surface area contributed by atoms with Crippen LogP contribution >= 0.6 is 0 Å². The third-order valence-electron chi connectivity index (χ3n) is 2.21. The number of rotatable bonds is 4. The predicted molar refractivity (Wildman–Crippen MR) is 59.6 cm³/mol. The van der Waals surface area contributed by atoms with Crippen LogP contribution in [0.4, 0.5) is 0 Å². The highest BCUT2D eigenvalue weighted by molar-refractivity contribution is 5.94. The number of aliphatic hydroxyl groups excluding tert-OH is 1. The zero-order valence-corrected chi connectivity index (χ0v) is 8.73. The van der Waals surface area contributed by atoms with Crippen LogP contribution in [0.1, 0.15) is 17.3 Å². The van der Waals surface area contributed by atoms with Crippen LogP contribution in [0.3, 0.4) is 0 Å². The normalized spacial score (nSPS) is 14.0. The van der Waals surface area contributed by atoms with Crippen molar-refractivity contribution in [2.45, 2.75) is 12.5 Å². The van der Waals surface area contributed by atoms with Gasteiger partial charge in [0.05, 0.1) is 12.1 Å². The highest BCUT2D eigenvalue weighted by Crippen LogP contribution is 2.06. The number of carbonyl (C=O) groups excluding carboxylic acids is 1. The van der Waals surface area contributed by atoms with Crippen LogP contribution in [-0.4, -0.2) is 23.2 Å². The number of carbonyl (C=O) groups is 1. The van der Waals surface area contributed by atoms with Crippen molar-refractivity contribution in [2.75, 3.05) is 6.61 Å². The van der Waals surface area contributed by atoms with E-state index in [-0.39, 0.29) is 12.5 Å². The van der Waals surface area contributed by atoms with Gasteiger partial charge < -0.3 is 10.4 Å². The van der Waals surface area contributed by atoms with Gasteiger partial charge in [0.2, 0.25) is 0 Å². The molecule has 0 bridgehead atoms. The summed E-state index contributed by atoms with van der Waals surface area (Å²) in [5, 5.41) is 11.8. The smallest absolute Gasteiger partial charge is 0.252 e. The summed E-state index contributed by atoms with van der Waals surface area (Å²) < 4.78 is 0. The van der Waals surface area contributed by atoms with Crippen molar-refractivity contribution in [1.82, 2.24) is 5.32 Å². The molecule has 2 N–H and O–H groups in total. The van der Waals surface area contributed by atoms with E-state index in [1.54, 1.807) is 31.2 Å². The van der Waals surface area contributed by atoms with E-state index in [2.05, 4.69) is 11.9 Å². The Hall–Kier alpha value is -1.61. The Bertz CT molecular complexity index is 348. The second kappa shape index (κ2) is 4.75. The van der Waals surface area contributed by atoms with Gasteiger partial charge in [-0.05, 0) is 19.1 Å². The van der Waals surface area contributed by atoms with Crippen molar-refractivity contribution >= 4 is 5.91 Å². The van der Waals surface area contributed by atoms with E-state index >= 15 is 0 Å². The topological polar surface area (TPSA) is 49.3 Å². The fourth-order valence-corrected chi connectivity index (χ4v) is 1.08. The molecule has 0 spiro atoms. The fraction of sp³-hybridized carbons (Fsp3) is 0.250. The third kappa shape index (κ3) is 2.92. The average Bonchev–Trinajstić information content (AvgIpc) is 2.30. The second-order valence-electron chi connectivity index (χ2n) is 3.60. The molecule has 0 heterocycles. The molecule has 0 radical (unpaired) electrons. The lowest BCUT2D eigenvalue weighted by molar-refractivity contribution is 0.0889. The molecule has 3 heteroatoms. The minimum atomic E-state index is -0.771. The Morgan fingerprint density at radius 2 is 2.13 bits per heavy atom. The van der Waals surface area contributed by atoms with E-state index in [1.807, 2.05) is 6.07 Å². The maximum Gasteiger partial charge on any atom is 0.252 e. The molecule has 1 aromatic rings. The quantitative estimate of drug-likeness (QED) is 0.729. The van der Waals surface area contributed by atoms with E-state index in [0.29, 0.717) is 5.56 Å². The van der Waals surface area contributed by atoms with Gasteiger partial charge in [-0.2, -0.15) is 0 Å². The lowest BCUT2D eigenvalue weighted by Crippen LogP contribution is -2.47. The van der Waals surface area contributed by atoms with Gasteiger partial charge in [-0.25, -0.2) is 0 Å². The lowest BCUT2D eigenvalue weighted by Gasteiger charge is -2.24. The molecule has 15 heavy (non-hydrogen) atoms. The van der Waals surface area contributed by atoms with Crippen LogP contribution in [0.5, 0.6) is 0 Å². The van der Waals surface area contributed by atoms with Crippen molar-refractivity contribution in [1.29, 1.82) is 0 Å². The van der Waals surface area contributed by atoms with Crippen LogP contribution in [0.25, 0.3) is 0 Å². The van der Waals surface area contributed by atoms with Gasteiger partial charge in [0.1, 0.15) is 0 Å². The lowest BCUT2D eigenvalue weighted by atomic mass is 10.0. The second-order valence-corrected chi connectivity index (χ2v) is 3.60. The van der Waals surface area contributed by atoms with Crippen LogP contribution in [0.2, 0.25) is 0 Å². The summed E-state index contributed by atoms with van der Waals surface area (Å²) in [6.07, 6.45) is 1.52. The van der Waals surface area contributed by atoms with Gasteiger partial charge in [-0.3, -0.25) is 4.79 Å². The maximum absolute atomic E-state index is 11.7. The number of amides is 1. The standard InChI is InChI=1S/C12H15NO2/c1-3-12(2,9-14)13-11(15)10-7-5-4-6-8-10/h3-8,14H,1,9H2,2H3,(H,13,15). The molecule has 1 rings (SSSR count). The first-order valence-corrected chi connectivity index (χ1v) is 4.73. The van der Waals surface area contributed by atoms with Crippen molar-refractivity contribution in [2.24, 2.45) is 0 Å². The number of hydrogen-bond acceptors (Lipinski definition) is 2. The summed E-state index contributed by atoms with van der Waals surface area (Å²) >= 11 is 0. The Labute approximate surface area is 89.4 Å². The SMILES string of the molecule is C=CC(C)(CO)NC(=O)c1ccccc1. The van der Waals surface area contributed by atoms with Gasteiger partial charge >= 0.3 is 0 Å². The molecule has 1 amide bonds. The van der Waals surface area contributed by atoms with E-state index in [0.717, 1.165) is 0 Å². The van der Waals surface area contributed by atoms with E-state index in [9.17, 15) is 4.79 Å². The Kier molecular flexibility index (Phi) is 3.63. The van der Waals surface area contributed by atoms with Crippen LogP contribution in [0.15, 0.2) is 43.0 Å². The molecule has 0 saturated heterocycles. The predicted octanol–water partition coefficient (Wildman–Crippen LogP) is 1.35. The summed E-state index contributed by atoms with van der Waals surface area (Å²) in [6.45, 7) is 5.11. The van der Waals surface area contributed by atoms with Crippen LogP contribution < -0.4 is 5.32 Å². The fourth-order valence-electron chi connectivity index (χ4n) is 1.08. The highest BCUT2D eigenvalue weighted by Gasteiger charge is 2.21. The van der Waals surface area contributed by atoms with Gasteiger partial charge in [-0.15, -0.1) is 6.58 Å². The Balaban J connectivity index is 2.76. The van der Waals surface area contributed by atoms with Crippen LogP contribution in [-0.2, 0) is 0 Å². The van der Waals surface area contributed by atoms with Gasteiger partial charge in [0, 0.05) is 5.56 Å². The zero-order chi connectivity index (χ0) is 11.3. The van der Waals surface area contributed by atoms with Crippen LogP contribution in [0, 0.1) is 0 Å². The molecule has 1 atom stereocenters. The van der Waals surface area contributed by atoms with Gasteiger partial charge in [0.25, 0.3) is 5.91 Å². The third-order valence-corrected chi connectivity index (χ3v) is 2.21. The monoisotopic (exact) mass is 205 g/mol. The minimum Gasteiger partial charge on any atom is -0.394 e. The average molecular weight is 205 g/mol. The molecule has 0 aliphatic rings. The largest absolute Gasteiger partial charge is 0.394 e. The van der Waals surface area contributed by atoms with Gasteiger partial charge in [0.15, 0.2) is 0 Å². The van der Waals surface area contributed by atoms with Crippen molar-refractivity contribution < 1.29 is 9.90 Å². The van der Waals surface area contributed by atoms with E-state index < -0.39 is 5.54 Å². The summed E-state index contributed by atoms with van der Waals surface area (Å²) in [6, 6.07) is 8.86. The summed E-state index contributed by atoms with van der Waals surface area (Å²) in [5.41, 5.74) is -0.202. The van der Waals surface area contributed by atoms with Crippen molar-refractivity contribution in [3.63, 3.8) is 0 Å². The number of hydrogen-bond donors (Lipinski definition) is 2. The molecule has 0 saturated carbocycles. The maximum atomic E-state index is 11.7. The summed E-state index contributed by atoms with van der Waals surface area (Å²) in [4.78, 5) is 11.7. The molecule has 0 aromatic heterocycles. The molecule has 1 unspecified atom stereocenters. The minimum absolute atomic E-state index is 0.172. The van der Waals surface area contributed by atoms with Crippen molar-refractivity contribution in [3.05, 3.63) is 48.6 Å². The molecule has 0 fully saturated rings. The Morgan fingerprint density at radius 1 is 1.53 bits per heavy atom. The molecule has 1 aromatic carbocycles. The molecular formula is C12H15NO2. The molecule has 3 nitrogen and oxygen atoms in total. The number of benzene rings is 1. The highest BCUT2D eigenvalue weighted by atomic mass is 16.3. The van der Waals surface area contributed by atoms with Crippen molar-refractivity contribution in [3.8, 4) is 0 Å². The molecule has 0 aliphatic heterocycles. The first-order valence-electron chi connectivity index (χ1n) is 4.73. The van der Waals surface area contributed by atoms with E-state index in [4.69, 9.17) is 5.11 Å². The first kappa shape index (κ1) is 11.5. The zero-order valence-electron chi connectivity index (χ0n) is 8.73. The molecule has 80 valence electrons. The van der Waals surface area contributed by atoms with Gasteiger partial charge in [-0.1, -0.05) is 24.3 Å². The summed E-state index contributed by atoms with van der Waals surface area (Å²) in [7, 11) is 0. The van der Waals surface area contributed by atoms with E-state index in [1.165, 1.54) is 6.08 Å².